The molecule has 0 spiro atoms. The maximum Gasteiger partial charge on any atom is 0.317 e. The first-order valence-electron chi connectivity index (χ1n) is 48.7. The van der Waals surface area contributed by atoms with E-state index in [1.54, 1.807) is 61.5 Å². The number of aliphatic hydroxyl groups is 2. The molecule has 0 bridgehead atoms. The molecule has 3 heterocycles. The number of aromatic nitrogens is 4. The Morgan fingerprint density at radius 2 is 1.22 bits per heavy atom. The first kappa shape index (κ1) is 123. The van der Waals surface area contributed by atoms with Crippen LogP contribution in [0.1, 0.15) is 210 Å². The molecule has 0 radical (unpaired) electrons. The van der Waals surface area contributed by atoms with Crippen molar-refractivity contribution >= 4 is 118 Å². The number of nitrogen functional groups attached to an aromatic ring is 1. The predicted octanol–water partition coefficient (Wildman–Crippen LogP) is -4.71. The molecule has 802 valence electrons. The largest absolute Gasteiger partial charge is 0.480 e. The second-order valence-corrected chi connectivity index (χ2v) is 35.3. The van der Waals surface area contributed by atoms with E-state index in [1.807, 2.05) is 0 Å². The molecule has 0 aliphatic carbocycles. The Balaban J connectivity index is 0.0000432. The van der Waals surface area contributed by atoms with Gasteiger partial charge in [0, 0.05) is 107 Å². The number of benzene rings is 2. The van der Waals surface area contributed by atoms with Crippen LogP contribution in [-0.4, -0.2) is 322 Å². The highest BCUT2D eigenvalue weighted by Crippen LogP contribution is 2.26. The Kier molecular flexibility index (Phi) is 59.2. The van der Waals surface area contributed by atoms with Crippen LogP contribution in [-0.2, 0) is 109 Å². The topological polar surface area (TPSA) is 827 Å². The number of carbonyl (C=O) groups is 18. The number of aromatic amines is 1. The third-order valence-corrected chi connectivity index (χ3v) is 23.5. The fraction of sp³-hybridized carbons (Fsp3) is 0.624. The number of rotatable bonds is 63. The van der Waals surface area contributed by atoms with Crippen molar-refractivity contribution in [3.05, 3.63) is 90.0 Å². The summed E-state index contributed by atoms with van der Waals surface area (Å²) in [5.41, 5.74) is 36.4. The first-order valence-corrected chi connectivity index (χ1v) is 48.7. The lowest BCUT2D eigenvalue weighted by atomic mass is 9.97. The van der Waals surface area contributed by atoms with E-state index in [0.29, 0.717) is 40.1 Å². The zero-order chi connectivity index (χ0) is 105. The summed E-state index contributed by atoms with van der Waals surface area (Å²) in [6.45, 7) is 0.215. The maximum absolute atomic E-state index is 15.5. The van der Waals surface area contributed by atoms with Gasteiger partial charge in [-0.15, -0.1) is 5.10 Å². The number of hydrogen-bond acceptors (Lipinski definition) is 32. The van der Waals surface area contributed by atoms with Crippen LogP contribution in [0.5, 0.6) is 0 Å². The van der Waals surface area contributed by atoms with Gasteiger partial charge >= 0.3 is 11.9 Å². The van der Waals surface area contributed by atoms with Crippen LogP contribution in [0.4, 0.5) is 5.69 Å². The second kappa shape index (κ2) is 69.5. The number of tetrazole rings is 1. The van der Waals surface area contributed by atoms with Gasteiger partial charge in [-0.1, -0.05) is 146 Å². The molecular weight excluding hydrogens is 1880 g/mol. The number of unbranched alkanes of at least 4 members (excludes halogenated alkanes) is 13. The lowest BCUT2D eigenvalue weighted by molar-refractivity contribution is -0.144. The Labute approximate surface area is 836 Å². The number of ether oxygens (including phenoxy) is 2. The Hall–Kier alpha value is -13.5. The summed E-state index contributed by atoms with van der Waals surface area (Å²) in [7, 11) is 0. The number of carboxylic acids is 2. The average molecular weight is 2030 g/mol. The number of fused-ring (bicyclic) bond motifs is 1. The lowest BCUT2D eigenvalue weighted by Crippen LogP contribution is -2.62. The maximum atomic E-state index is 15.5. The molecule has 2 saturated heterocycles. The van der Waals surface area contributed by atoms with Crippen molar-refractivity contribution in [2.45, 2.75) is 279 Å². The van der Waals surface area contributed by atoms with E-state index in [4.69, 9.17) is 43.9 Å². The van der Waals surface area contributed by atoms with Gasteiger partial charge in [0.15, 0.2) is 0 Å². The molecule has 2 aromatic carbocycles. The van der Waals surface area contributed by atoms with Crippen molar-refractivity contribution in [2.75, 3.05) is 97.8 Å². The average Bonchev–Trinajstić information content (AvgIpc) is 1.66. The van der Waals surface area contributed by atoms with E-state index in [1.165, 1.54) is 51.4 Å². The van der Waals surface area contributed by atoms with E-state index < -0.39 is 258 Å². The molecule has 1 aromatic heterocycles. The van der Waals surface area contributed by atoms with Crippen molar-refractivity contribution in [3.63, 3.8) is 0 Å². The zero-order valence-electron chi connectivity index (χ0n) is 82.1. The van der Waals surface area contributed by atoms with Crippen LogP contribution < -0.4 is 115 Å². The number of carboxylic acid groups (broad SMARTS) is 2. The van der Waals surface area contributed by atoms with Crippen molar-refractivity contribution < 1.29 is 116 Å². The van der Waals surface area contributed by atoms with Gasteiger partial charge in [0.25, 0.3) is 0 Å². The molecule has 3 aromatic rings. The van der Waals surface area contributed by atoms with Crippen molar-refractivity contribution in [1.29, 1.82) is 0 Å². The predicted molar refractivity (Wildman–Crippen MR) is 525 cm³/mol. The van der Waals surface area contributed by atoms with Gasteiger partial charge in [-0.3, -0.25) is 91.2 Å². The number of aryl methyl sites for hydroxylation is 1. The van der Waals surface area contributed by atoms with Crippen molar-refractivity contribution in [2.24, 2.45) is 28.7 Å². The van der Waals surface area contributed by atoms with E-state index in [9.17, 15) is 82.8 Å². The number of H-pyrrole nitrogens is 1. The van der Waals surface area contributed by atoms with E-state index in [2.05, 4.69) is 102 Å². The van der Waals surface area contributed by atoms with Gasteiger partial charge in [-0.25, -0.2) is 5.10 Å². The van der Waals surface area contributed by atoms with Crippen LogP contribution in [0.3, 0.4) is 0 Å². The number of aliphatic carboxylic acids is 2. The van der Waals surface area contributed by atoms with Gasteiger partial charge < -0.3 is 150 Å². The van der Waals surface area contributed by atoms with Crippen molar-refractivity contribution in [1.82, 2.24) is 111 Å². The third-order valence-electron chi connectivity index (χ3n) is 23.5. The summed E-state index contributed by atoms with van der Waals surface area (Å²) >= 11 is 0. The molecule has 2 aliphatic heterocycles. The molecule has 51 nitrogen and oxygen atoms in total. The number of nitrogens with one attached hydrogen (secondary N) is 15. The summed E-state index contributed by atoms with van der Waals surface area (Å²) in [5.74, 6) is -18.3. The van der Waals surface area contributed by atoms with E-state index in [-0.39, 0.29) is 122 Å². The fourth-order valence-corrected chi connectivity index (χ4v) is 15.8. The number of nitrogens with zero attached hydrogens (tertiary/aromatic N) is 5. The molecule has 0 saturated carbocycles. The molecule has 16 amide bonds. The number of amides is 16. The van der Waals surface area contributed by atoms with Gasteiger partial charge in [-0.2, -0.15) is 0 Å². The highest BCUT2D eigenvalue weighted by atomic mass is 16.5. The van der Waals surface area contributed by atoms with E-state index in [0.717, 1.165) is 55.4 Å². The summed E-state index contributed by atoms with van der Waals surface area (Å²) < 4.78 is 10.8. The van der Waals surface area contributed by atoms with Crippen LogP contribution in [0, 0.1) is 0 Å². The molecule has 2 fully saturated rings. The van der Waals surface area contributed by atoms with E-state index >= 15 is 24.0 Å². The van der Waals surface area contributed by atoms with Gasteiger partial charge in [0.05, 0.1) is 52.2 Å². The quantitative estimate of drug-likeness (QED) is 0.0143. The normalized spacial score (nSPS) is 18.4. The summed E-state index contributed by atoms with van der Waals surface area (Å²) in [4.78, 5) is 252. The van der Waals surface area contributed by atoms with Crippen LogP contribution >= 0.6 is 0 Å². The number of para-hydroxylation sites is 1. The Bertz CT molecular complexity index is 4600. The van der Waals surface area contributed by atoms with Gasteiger partial charge in [0.1, 0.15) is 78.9 Å². The monoisotopic (exact) mass is 2030 g/mol. The molecule has 0 unspecified atom stereocenters. The van der Waals surface area contributed by atoms with Crippen molar-refractivity contribution in [3.8, 4) is 0 Å². The number of aliphatic hydroxyl groups excluding tert-OH is 2. The highest BCUT2D eigenvalue weighted by Gasteiger charge is 2.45. The molecule has 5 rings (SSSR count). The molecule has 34 N–H and O–H groups in total. The fourth-order valence-electron chi connectivity index (χ4n) is 15.8. The smallest absolute Gasteiger partial charge is 0.317 e. The molecule has 51 heteroatoms. The second-order valence-electron chi connectivity index (χ2n) is 35.3. The molecular formula is C93H151N27O24. The minimum Gasteiger partial charge on any atom is -0.480 e. The highest BCUT2D eigenvalue weighted by molar-refractivity contribution is 6.01. The van der Waals surface area contributed by atoms with Crippen LogP contribution in [0.15, 0.2) is 73.1 Å². The van der Waals surface area contributed by atoms with Crippen LogP contribution in [0.2, 0.25) is 0 Å². The standard InChI is InChI=1S/C93H148N26O24.H3N/c1-3-4-30-65(84(132)109-68-36-38-78(124)101-40-24-23-31-64(83(99)131)105-87(135)69(45-58(2)62-28-21-22-29-63(62)97)110-85(133)66(32-25-39-100-57-95)106-88(136)70(46-59-26-17-16-18-27-59)112-92(140)74-48-61(121)51-119(74)93(68)141)107-90(138)72(52-118(53-81(127)128)54-82(129)130)113-89(137)71(47-60(96)49-94)111-86(134)67(35-37-75(98)122)108-91(139)73(55-120)104-79(125)50-103-80(126)56-143-44-43-142-42-41-102-77(123)34-20-15-13-11-9-7-5-6-8-10-12-14-19-33-76-114-116-117-115-76;/h16-18,21-22,26-29,49,61,64-74,100,120-121H,2-15,19-20,23-25,30-48,50-57,94-97H2,1H3,(H2,98,122)(H2,99,131)(H,101,124)(H,102,123)(H,103,126)(H,104,125)(H,105,135)(H,106,136)(H,107,138)(H,108,139)(H,109,132)(H,110,133)(H,111,134)(H,112,140)(H,113,137)(H,127,128)(H,129,130)(H,114,115,116,117);1H3/b60-49-;/t61-,64+,65+,66+,67+,68+,69+,70-,71+,72+,73+,74+;/m1./s1. The van der Waals surface area contributed by atoms with Gasteiger partial charge in [0.2, 0.25) is 94.5 Å². The summed E-state index contributed by atoms with van der Waals surface area (Å²) in [6.07, 6.45) is 11.6. The first-order chi connectivity index (χ1) is 68.5. The van der Waals surface area contributed by atoms with Gasteiger partial charge in [-0.05, 0) is 98.4 Å². The molecule has 2 aliphatic rings. The number of anilines is 1. The number of hydrogen-bond donors (Lipinski definition) is 26. The third kappa shape index (κ3) is 49.0. The summed E-state index contributed by atoms with van der Waals surface area (Å²) in [6, 6.07) is -4.13. The number of primary amides is 2. The SMILES string of the molecule is C=C(C[C@@H]1NC(=O)[C@H](CCCNCN)NC(=O)[C@@H](Cc2ccccc2)NC(=O)[C@@H]2C[C@@H](O)CN2C(=O)[C@@H](NC(=O)[C@H](CCCC)NC(=O)[C@H](CN(CC(=O)O)CC(=O)O)NC(=O)[C@H](C/C(N)=C/N)NC(=O)[C@H](CCC(N)=O)NC(=O)[C@H](CO)NC(=O)CNC(=O)COCCOCCNC(=O)CCCCCCCCCCCCCCCc2nnn[nH]2)CCC(=O)NCCCC[C@@H](C(N)=O)NC1=O)c1ccccc1N.N. The minimum absolute atomic E-state index is 0. The zero-order valence-corrected chi connectivity index (χ0v) is 82.1. The van der Waals surface area contributed by atoms with Crippen LogP contribution in [0.25, 0.3) is 5.57 Å². The Morgan fingerprint density at radius 3 is 1.84 bits per heavy atom. The number of nitrogens with two attached hydrogens (primary N) is 6. The summed E-state index contributed by atoms with van der Waals surface area (Å²) in [5, 5.41) is 91.3. The minimum atomic E-state index is -2.13. The lowest BCUT2D eigenvalue weighted by Gasteiger charge is -2.31. The molecule has 144 heavy (non-hydrogen) atoms. The molecule has 12 atom stereocenters. The Morgan fingerprint density at radius 1 is 0.625 bits per heavy atom. The number of carbonyl (C=O) groups excluding carboxylic acids is 16.